The van der Waals surface area contributed by atoms with E-state index in [9.17, 15) is 9.67 Å². The number of amidine groups is 1. The van der Waals surface area contributed by atoms with Crippen molar-refractivity contribution < 1.29 is 28.2 Å². The highest BCUT2D eigenvalue weighted by Gasteiger charge is 2.35. The Hall–Kier alpha value is -3.94. The predicted octanol–water partition coefficient (Wildman–Crippen LogP) is 7.67. The number of hydrogen-bond acceptors (Lipinski definition) is 6. The van der Waals surface area contributed by atoms with E-state index in [1.165, 1.54) is 0 Å². The molecule has 4 aromatic rings. The molecule has 2 aliphatic rings. The van der Waals surface area contributed by atoms with E-state index < -0.39 is 7.75 Å². The molecule has 0 amide bonds. The van der Waals surface area contributed by atoms with Crippen molar-refractivity contribution in [3.8, 4) is 28.7 Å². The van der Waals surface area contributed by atoms with Crippen molar-refractivity contribution in [2.75, 3.05) is 6.79 Å². The van der Waals surface area contributed by atoms with Gasteiger partial charge in [0.15, 0.2) is 11.5 Å². The molecule has 0 saturated heterocycles. The number of para-hydroxylation sites is 2. The van der Waals surface area contributed by atoms with Crippen molar-refractivity contribution >= 4 is 29.5 Å². The summed E-state index contributed by atoms with van der Waals surface area (Å²) >= 11 is 3.66. The Morgan fingerprint density at radius 1 is 0.950 bits per heavy atom. The van der Waals surface area contributed by atoms with Gasteiger partial charge in [-0.15, -0.1) is 4.76 Å². The second-order valence-corrected chi connectivity index (χ2v) is 11.8. The van der Waals surface area contributed by atoms with Crippen LogP contribution >= 0.6 is 23.7 Å². The minimum atomic E-state index is -4.11. The highest BCUT2D eigenvalue weighted by Crippen LogP contribution is 2.51. The standard InChI is InChI=1S/C30H26BrN2O6P/c1-20-26-16-23(34)13-12-21(26)15-30(33(20)18-22-14-28-29(17-27(22)31)37-19-36-28)32-40(35,38-24-8-4-2-5-9-24)39-25-10-6-3-7-11-25/h2-14,16-17,20,34H,15,18-19H2,1H3/b32-30-. The zero-order valence-electron chi connectivity index (χ0n) is 21.6. The number of halogens is 1. The molecule has 1 unspecified atom stereocenters. The van der Waals surface area contributed by atoms with E-state index in [2.05, 4.69) is 15.9 Å². The molecule has 6 rings (SSSR count). The van der Waals surface area contributed by atoms with Crippen molar-refractivity contribution in [3.05, 3.63) is 112 Å². The summed E-state index contributed by atoms with van der Waals surface area (Å²) in [5.41, 5.74) is 2.85. The Bertz CT molecular complexity index is 1570. The largest absolute Gasteiger partial charge is 0.564 e. The third kappa shape index (κ3) is 5.53. The molecule has 0 saturated carbocycles. The average molecular weight is 621 g/mol. The van der Waals surface area contributed by atoms with Crippen LogP contribution in [0.5, 0.6) is 28.7 Å². The number of phenolic OH excluding ortho intramolecular Hbond substituents is 1. The van der Waals surface area contributed by atoms with Crippen LogP contribution in [0.3, 0.4) is 0 Å². The first kappa shape index (κ1) is 26.3. The molecule has 8 nitrogen and oxygen atoms in total. The topological polar surface area (TPSA) is 89.8 Å². The highest BCUT2D eigenvalue weighted by molar-refractivity contribution is 9.10. The van der Waals surface area contributed by atoms with Crippen LogP contribution in [0.25, 0.3) is 0 Å². The predicted molar refractivity (Wildman–Crippen MR) is 155 cm³/mol. The Morgan fingerprint density at radius 2 is 1.57 bits per heavy atom. The van der Waals surface area contributed by atoms with Gasteiger partial charge in [0.05, 0.1) is 6.04 Å². The Kier molecular flexibility index (Phi) is 7.17. The van der Waals surface area contributed by atoms with Crippen LogP contribution in [0.2, 0.25) is 0 Å². The van der Waals surface area contributed by atoms with Crippen molar-refractivity contribution in [2.24, 2.45) is 4.76 Å². The fourth-order valence-corrected chi connectivity index (χ4v) is 6.62. The zero-order valence-corrected chi connectivity index (χ0v) is 24.0. The Balaban J connectivity index is 1.44. The maximum absolute atomic E-state index is 14.4. The molecule has 2 heterocycles. The summed E-state index contributed by atoms with van der Waals surface area (Å²) in [6.45, 7) is 2.60. The Labute approximate surface area is 240 Å². The molecule has 0 aromatic heterocycles. The fraction of sp³-hybridized carbons (Fsp3) is 0.167. The number of ether oxygens (including phenoxy) is 2. The molecule has 204 valence electrons. The molecule has 0 fully saturated rings. The second kappa shape index (κ2) is 10.9. The number of nitrogens with zero attached hydrogens (tertiary/aromatic N) is 2. The van der Waals surface area contributed by atoms with E-state index in [0.29, 0.717) is 41.8 Å². The SMILES string of the molecule is CC1c2cc(O)ccc2C/C(=N/P(=O)(Oc2ccccc2)Oc2ccccc2)N1Cc1cc2c(cc1Br)OCO2. The first-order chi connectivity index (χ1) is 19.4. The van der Waals surface area contributed by atoms with Gasteiger partial charge in [0.1, 0.15) is 23.1 Å². The molecule has 1 atom stereocenters. The van der Waals surface area contributed by atoms with E-state index in [0.717, 1.165) is 21.2 Å². The molecule has 0 aliphatic carbocycles. The number of rotatable bonds is 7. The van der Waals surface area contributed by atoms with Crippen LogP contribution in [0.4, 0.5) is 0 Å². The summed E-state index contributed by atoms with van der Waals surface area (Å²) in [5.74, 6) is 2.80. The minimum Gasteiger partial charge on any atom is -0.508 e. The van der Waals surface area contributed by atoms with Gasteiger partial charge in [-0.3, -0.25) is 0 Å². The smallest absolute Gasteiger partial charge is 0.508 e. The van der Waals surface area contributed by atoms with E-state index in [4.69, 9.17) is 23.3 Å². The van der Waals surface area contributed by atoms with Crippen LogP contribution in [0.15, 0.2) is 100 Å². The van der Waals surface area contributed by atoms with Crippen molar-refractivity contribution in [1.29, 1.82) is 0 Å². The van der Waals surface area contributed by atoms with E-state index >= 15 is 0 Å². The van der Waals surface area contributed by atoms with Crippen molar-refractivity contribution in [1.82, 2.24) is 4.90 Å². The fourth-order valence-electron chi connectivity index (χ4n) is 4.81. The molecule has 2 aliphatic heterocycles. The van der Waals surface area contributed by atoms with Gasteiger partial charge < -0.3 is 28.5 Å². The number of hydrogen-bond donors (Lipinski definition) is 1. The lowest BCUT2D eigenvalue weighted by Gasteiger charge is -2.38. The van der Waals surface area contributed by atoms with Gasteiger partial charge in [0.2, 0.25) is 6.79 Å². The number of benzene rings is 4. The van der Waals surface area contributed by atoms with Crippen LogP contribution in [-0.2, 0) is 17.5 Å². The lowest BCUT2D eigenvalue weighted by Crippen LogP contribution is -2.39. The van der Waals surface area contributed by atoms with Gasteiger partial charge in [-0.25, -0.2) is 4.57 Å². The highest BCUT2D eigenvalue weighted by atomic mass is 79.9. The van der Waals surface area contributed by atoms with Gasteiger partial charge in [0.25, 0.3) is 0 Å². The van der Waals surface area contributed by atoms with E-state index in [1.807, 2.05) is 42.2 Å². The summed E-state index contributed by atoms with van der Waals surface area (Å²) in [6.07, 6.45) is 0.364. The third-order valence-corrected chi connectivity index (χ3v) is 8.87. The summed E-state index contributed by atoms with van der Waals surface area (Å²) in [6, 6.07) is 26.6. The Morgan fingerprint density at radius 3 is 2.23 bits per heavy atom. The summed E-state index contributed by atoms with van der Waals surface area (Å²) in [4.78, 5) is 2.04. The number of aromatic hydroxyl groups is 1. The van der Waals surface area contributed by atoms with Crippen molar-refractivity contribution in [3.63, 3.8) is 0 Å². The van der Waals surface area contributed by atoms with Crippen LogP contribution in [0.1, 0.15) is 29.7 Å². The van der Waals surface area contributed by atoms with Crippen LogP contribution < -0.4 is 18.5 Å². The van der Waals surface area contributed by atoms with Gasteiger partial charge in [-0.1, -0.05) is 58.4 Å². The van der Waals surface area contributed by atoms with E-state index in [1.54, 1.807) is 60.7 Å². The molecule has 10 heteroatoms. The zero-order chi connectivity index (χ0) is 27.7. The molecule has 40 heavy (non-hydrogen) atoms. The van der Waals surface area contributed by atoms with Gasteiger partial charge in [-0.2, -0.15) is 0 Å². The lowest BCUT2D eigenvalue weighted by atomic mass is 9.92. The molecule has 1 N–H and O–H groups in total. The minimum absolute atomic E-state index is 0.168. The number of phenols is 1. The molecule has 4 aromatic carbocycles. The van der Waals surface area contributed by atoms with Crippen LogP contribution in [0, 0.1) is 0 Å². The molecular formula is C30H26BrN2O6P. The normalized spacial score (nSPS) is 17.0. The van der Waals surface area contributed by atoms with Gasteiger partial charge in [0, 0.05) is 17.4 Å². The number of fused-ring (bicyclic) bond motifs is 2. The quantitative estimate of drug-likeness (QED) is 0.212. The first-order valence-electron chi connectivity index (χ1n) is 12.7. The third-order valence-electron chi connectivity index (χ3n) is 6.78. The van der Waals surface area contributed by atoms with Gasteiger partial charge >= 0.3 is 7.75 Å². The van der Waals surface area contributed by atoms with Gasteiger partial charge in [-0.05, 0) is 72.1 Å². The molecule has 0 radical (unpaired) electrons. The molecule has 0 bridgehead atoms. The van der Waals surface area contributed by atoms with Crippen molar-refractivity contribution in [2.45, 2.75) is 25.9 Å². The maximum atomic E-state index is 14.4. The monoisotopic (exact) mass is 620 g/mol. The first-order valence-corrected chi connectivity index (χ1v) is 15.0. The maximum Gasteiger partial charge on any atom is 0.564 e. The average Bonchev–Trinajstić information content (AvgIpc) is 3.39. The van der Waals surface area contributed by atoms with Crippen LogP contribution in [-0.4, -0.2) is 22.6 Å². The second-order valence-electron chi connectivity index (χ2n) is 9.45. The summed E-state index contributed by atoms with van der Waals surface area (Å²) in [7, 11) is -4.11. The lowest BCUT2D eigenvalue weighted by molar-refractivity contribution is 0.174. The summed E-state index contributed by atoms with van der Waals surface area (Å²) < 4.78 is 43.0. The summed E-state index contributed by atoms with van der Waals surface area (Å²) in [5, 5.41) is 10.2. The molecule has 0 spiro atoms. The molecular weight excluding hydrogens is 595 g/mol. The van der Waals surface area contributed by atoms with E-state index in [-0.39, 0.29) is 18.6 Å².